The van der Waals surface area contributed by atoms with E-state index in [2.05, 4.69) is 21.2 Å². The van der Waals surface area contributed by atoms with Gasteiger partial charge in [-0.2, -0.15) is 4.31 Å². The van der Waals surface area contributed by atoms with Crippen LogP contribution < -0.4 is 10.1 Å². The number of benzene rings is 2. The predicted octanol–water partition coefficient (Wildman–Crippen LogP) is 3.81. The molecule has 2 aromatic rings. The van der Waals surface area contributed by atoms with Crippen molar-refractivity contribution >= 4 is 37.5 Å². The second-order valence-electron chi connectivity index (χ2n) is 6.80. The van der Waals surface area contributed by atoms with Crippen LogP contribution >= 0.6 is 15.9 Å². The quantitative estimate of drug-likeness (QED) is 0.726. The third-order valence-corrected chi connectivity index (χ3v) is 7.39. The lowest BCUT2D eigenvalue weighted by molar-refractivity contribution is -0.120. The fraction of sp³-hybridized carbons (Fsp3) is 0.350. The highest BCUT2D eigenvalue weighted by atomic mass is 79.9. The number of piperidine rings is 1. The lowest BCUT2D eigenvalue weighted by Crippen LogP contribution is -2.41. The van der Waals surface area contributed by atoms with Gasteiger partial charge in [-0.05, 0) is 61.7 Å². The zero-order valence-electron chi connectivity index (χ0n) is 15.8. The van der Waals surface area contributed by atoms with Crippen molar-refractivity contribution in [2.45, 2.75) is 24.7 Å². The summed E-state index contributed by atoms with van der Waals surface area (Å²) in [6, 6.07) is 12.1. The number of methoxy groups -OCH3 is 1. The second kappa shape index (κ2) is 8.63. The number of nitrogens with one attached hydrogen (secondary N) is 1. The Labute approximate surface area is 174 Å². The van der Waals surface area contributed by atoms with Crippen LogP contribution in [-0.4, -0.2) is 38.8 Å². The zero-order chi connectivity index (χ0) is 20.3. The van der Waals surface area contributed by atoms with Gasteiger partial charge in [0.15, 0.2) is 0 Å². The molecule has 1 amide bonds. The molecule has 1 aliphatic rings. The molecule has 0 atom stereocenters. The van der Waals surface area contributed by atoms with E-state index in [1.54, 1.807) is 24.3 Å². The summed E-state index contributed by atoms with van der Waals surface area (Å²) >= 11 is 3.41. The number of amides is 1. The molecule has 0 aliphatic carbocycles. The molecule has 2 aromatic carbocycles. The number of hydrogen-bond acceptors (Lipinski definition) is 4. The molecule has 6 nitrogen and oxygen atoms in total. The minimum atomic E-state index is -3.57. The van der Waals surface area contributed by atoms with Crippen molar-refractivity contribution in [3.05, 3.63) is 52.5 Å². The molecule has 1 fully saturated rings. The molecule has 1 aliphatic heterocycles. The normalized spacial score (nSPS) is 16.0. The Morgan fingerprint density at radius 1 is 1.14 bits per heavy atom. The summed E-state index contributed by atoms with van der Waals surface area (Å²) in [4.78, 5) is 12.9. The SMILES string of the molecule is COc1ccc(S(=O)(=O)N2CCC(C(=O)Nc3cc(Br)ccc3C)CC2)cc1. The lowest BCUT2D eigenvalue weighted by atomic mass is 9.97. The van der Waals surface area contributed by atoms with Crippen LogP contribution in [0, 0.1) is 12.8 Å². The van der Waals surface area contributed by atoms with Crippen molar-refractivity contribution in [2.24, 2.45) is 5.92 Å². The molecular formula is C20H23BrN2O4S. The van der Waals surface area contributed by atoms with Crippen molar-refractivity contribution in [2.75, 3.05) is 25.5 Å². The first-order chi connectivity index (χ1) is 13.3. The number of halogens is 1. The Hall–Kier alpha value is -1.90. The zero-order valence-corrected chi connectivity index (χ0v) is 18.2. The summed E-state index contributed by atoms with van der Waals surface area (Å²) in [7, 11) is -2.03. The number of aryl methyl sites for hydroxylation is 1. The highest BCUT2D eigenvalue weighted by molar-refractivity contribution is 9.10. The van der Waals surface area contributed by atoms with E-state index in [1.165, 1.54) is 11.4 Å². The first kappa shape index (κ1) is 20.8. The highest BCUT2D eigenvalue weighted by Crippen LogP contribution is 2.27. The topological polar surface area (TPSA) is 75.7 Å². The van der Waals surface area contributed by atoms with Crippen molar-refractivity contribution in [1.82, 2.24) is 4.31 Å². The van der Waals surface area contributed by atoms with Crippen LogP contribution in [0.2, 0.25) is 0 Å². The van der Waals surface area contributed by atoms with Crippen molar-refractivity contribution in [1.29, 1.82) is 0 Å². The predicted molar refractivity (Wildman–Crippen MR) is 112 cm³/mol. The molecule has 28 heavy (non-hydrogen) atoms. The number of carbonyl (C=O) groups is 1. The van der Waals surface area contributed by atoms with E-state index < -0.39 is 10.0 Å². The van der Waals surface area contributed by atoms with Gasteiger partial charge >= 0.3 is 0 Å². The molecule has 1 N–H and O–H groups in total. The van der Waals surface area contributed by atoms with E-state index in [-0.39, 0.29) is 16.7 Å². The largest absolute Gasteiger partial charge is 0.497 e. The fourth-order valence-electron chi connectivity index (χ4n) is 3.22. The lowest BCUT2D eigenvalue weighted by Gasteiger charge is -2.30. The Morgan fingerprint density at radius 3 is 2.39 bits per heavy atom. The molecule has 0 aromatic heterocycles. The van der Waals surface area contributed by atoms with E-state index in [0.717, 1.165) is 15.7 Å². The summed E-state index contributed by atoms with van der Waals surface area (Å²) in [6.45, 7) is 2.58. The summed E-state index contributed by atoms with van der Waals surface area (Å²) in [5.41, 5.74) is 1.75. The van der Waals surface area contributed by atoms with E-state index in [1.807, 2.05) is 25.1 Å². The molecule has 1 saturated heterocycles. The molecule has 0 unspecified atom stereocenters. The van der Waals surface area contributed by atoms with Gasteiger partial charge in [0.25, 0.3) is 0 Å². The molecule has 0 saturated carbocycles. The van der Waals surface area contributed by atoms with Gasteiger partial charge in [-0.15, -0.1) is 0 Å². The maximum atomic E-state index is 12.8. The van der Waals surface area contributed by atoms with Gasteiger partial charge < -0.3 is 10.1 Å². The minimum Gasteiger partial charge on any atom is -0.497 e. The first-order valence-electron chi connectivity index (χ1n) is 9.02. The third-order valence-electron chi connectivity index (χ3n) is 4.98. The van der Waals surface area contributed by atoms with Crippen LogP contribution in [0.3, 0.4) is 0 Å². The Balaban J connectivity index is 1.63. The number of nitrogens with zero attached hydrogens (tertiary/aromatic N) is 1. The molecule has 0 bridgehead atoms. The van der Waals surface area contributed by atoms with Gasteiger partial charge in [-0.3, -0.25) is 4.79 Å². The first-order valence-corrected chi connectivity index (χ1v) is 11.3. The standard InChI is InChI=1S/C20H23BrN2O4S/c1-14-3-4-16(21)13-19(14)22-20(24)15-9-11-23(12-10-15)28(25,26)18-7-5-17(27-2)6-8-18/h3-8,13,15H,9-12H2,1-2H3,(H,22,24). The monoisotopic (exact) mass is 466 g/mol. The smallest absolute Gasteiger partial charge is 0.243 e. The minimum absolute atomic E-state index is 0.0669. The molecule has 1 heterocycles. The van der Waals surface area contributed by atoms with Crippen LogP contribution in [0.1, 0.15) is 18.4 Å². The van der Waals surface area contributed by atoms with Crippen LogP contribution in [0.15, 0.2) is 51.8 Å². The van der Waals surface area contributed by atoms with Gasteiger partial charge in [0.2, 0.25) is 15.9 Å². The van der Waals surface area contributed by atoms with Crippen LogP contribution in [0.4, 0.5) is 5.69 Å². The van der Waals surface area contributed by atoms with Crippen molar-refractivity contribution in [3.8, 4) is 5.75 Å². The number of hydrogen-bond donors (Lipinski definition) is 1. The number of carbonyl (C=O) groups excluding carboxylic acids is 1. The average molecular weight is 467 g/mol. The fourth-order valence-corrected chi connectivity index (χ4v) is 5.05. The third kappa shape index (κ3) is 4.56. The Morgan fingerprint density at radius 2 is 1.79 bits per heavy atom. The maximum absolute atomic E-state index is 12.8. The Kier molecular flexibility index (Phi) is 6.42. The Bertz CT molecular complexity index is 953. The van der Waals surface area contributed by atoms with Gasteiger partial charge in [0.1, 0.15) is 5.75 Å². The van der Waals surface area contributed by atoms with Crippen molar-refractivity contribution in [3.63, 3.8) is 0 Å². The number of anilines is 1. The molecule has 0 radical (unpaired) electrons. The highest BCUT2D eigenvalue weighted by Gasteiger charge is 2.32. The van der Waals surface area contributed by atoms with Gasteiger partial charge in [-0.1, -0.05) is 22.0 Å². The number of rotatable bonds is 5. The summed E-state index contributed by atoms with van der Waals surface area (Å²) < 4.78 is 33.1. The molecule has 8 heteroatoms. The van der Waals surface area contributed by atoms with Crippen molar-refractivity contribution < 1.29 is 17.9 Å². The van der Waals surface area contributed by atoms with E-state index in [4.69, 9.17) is 4.74 Å². The molecule has 3 rings (SSSR count). The maximum Gasteiger partial charge on any atom is 0.243 e. The van der Waals surface area contributed by atoms with Gasteiger partial charge in [0, 0.05) is 29.2 Å². The summed E-state index contributed by atoms with van der Waals surface area (Å²) in [6.07, 6.45) is 0.989. The van der Waals surface area contributed by atoms with Crippen LogP contribution in [0.5, 0.6) is 5.75 Å². The van der Waals surface area contributed by atoms with E-state index in [0.29, 0.717) is 31.7 Å². The van der Waals surface area contributed by atoms with Crippen LogP contribution in [0.25, 0.3) is 0 Å². The van der Waals surface area contributed by atoms with Gasteiger partial charge in [-0.25, -0.2) is 8.42 Å². The molecule has 150 valence electrons. The van der Waals surface area contributed by atoms with Crippen LogP contribution in [-0.2, 0) is 14.8 Å². The molecular weight excluding hydrogens is 444 g/mol. The summed E-state index contributed by atoms with van der Waals surface area (Å²) in [5, 5.41) is 2.97. The average Bonchev–Trinajstić information content (AvgIpc) is 2.71. The molecule has 0 spiro atoms. The second-order valence-corrected chi connectivity index (χ2v) is 9.66. The van der Waals surface area contributed by atoms with E-state index in [9.17, 15) is 13.2 Å². The van der Waals surface area contributed by atoms with Gasteiger partial charge in [0.05, 0.1) is 12.0 Å². The van der Waals surface area contributed by atoms with E-state index >= 15 is 0 Å². The number of sulfonamides is 1. The summed E-state index contributed by atoms with van der Waals surface area (Å²) in [5.74, 6) is 0.334. The number of ether oxygens (including phenoxy) is 1.